The molecule has 0 aliphatic heterocycles. The molecule has 0 aromatic rings. The van der Waals surface area contributed by atoms with Crippen molar-refractivity contribution in [3.8, 4) is 0 Å². The first-order valence-electron chi connectivity index (χ1n) is 4.64. The fraction of sp³-hybridized carbons (Fsp3) is 0.778. The van der Waals surface area contributed by atoms with E-state index in [9.17, 15) is 9.59 Å². The number of Topliss-reactive ketones (excluding diaryl/α,β-unsaturated/α-hetero) is 1. The van der Waals surface area contributed by atoms with Gasteiger partial charge in [-0.2, -0.15) is 0 Å². The van der Waals surface area contributed by atoms with Gasteiger partial charge in [-0.05, 0) is 13.3 Å². The zero-order chi connectivity index (χ0) is 11.0. The molecule has 82 valence electrons. The zero-order valence-electron chi connectivity index (χ0n) is 8.51. The SMILES string of the molecule is CCOC(=O)NCC(CC)C(=O)CCl. The minimum Gasteiger partial charge on any atom is -0.450 e. The molecule has 0 aromatic heterocycles. The number of alkyl halides is 1. The number of alkyl carbamates (subject to hydrolysis) is 1. The minimum atomic E-state index is -0.492. The Balaban J connectivity index is 3.83. The Morgan fingerprint density at radius 1 is 1.43 bits per heavy atom. The summed E-state index contributed by atoms with van der Waals surface area (Å²) in [6.45, 7) is 4.22. The van der Waals surface area contributed by atoms with E-state index < -0.39 is 6.09 Å². The molecule has 0 fully saturated rings. The molecule has 0 aromatic carbocycles. The van der Waals surface area contributed by atoms with Crippen LogP contribution in [0.25, 0.3) is 0 Å². The standard InChI is InChI=1S/C9H16ClNO3/c1-3-7(8(12)5-10)6-11-9(13)14-4-2/h7H,3-6H2,1-2H3,(H,11,13). The lowest BCUT2D eigenvalue weighted by atomic mass is 10.0. The van der Waals surface area contributed by atoms with Gasteiger partial charge in [-0.15, -0.1) is 11.6 Å². The minimum absolute atomic E-state index is 0.0109. The lowest BCUT2D eigenvalue weighted by Gasteiger charge is -2.12. The second-order valence-corrected chi connectivity index (χ2v) is 3.07. The number of hydrogen-bond acceptors (Lipinski definition) is 3. The number of rotatable bonds is 6. The number of ketones is 1. The number of carbonyl (C=O) groups excluding carboxylic acids is 2. The lowest BCUT2D eigenvalue weighted by molar-refractivity contribution is -0.120. The van der Waals surface area contributed by atoms with E-state index in [1.807, 2.05) is 6.92 Å². The average molecular weight is 222 g/mol. The van der Waals surface area contributed by atoms with Crippen molar-refractivity contribution in [2.75, 3.05) is 19.0 Å². The van der Waals surface area contributed by atoms with E-state index in [1.165, 1.54) is 0 Å². The van der Waals surface area contributed by atoms with Crippen molar-refractivity contribution >= 4 is 23.5 Å². The van der Waals surface area contributed by atoms with Crippen molar-refractivity contribution in [1.29, 1.82) is 0 Å². The molecule has 0 radical (unpaired) electrons. The zero-order valence-corrected chi connectivity index (χ0v) is 9.26. The highest BCUT2D eigenvalue weighted by molar-refractivity contribution is 6.27. The summed E-state index contributed by atoms with van der Waals surface area (Å²) in [6.07, 6.45) is 0.172. The quantitative estimate of drug-likeness (QED) is 0.693. The molecule has 1 amide bonds. The summed E-state index contributed by atoms with van der Waals surface area (Å²) in [4.78, 5) is 22.1. The summed E-state index contributed by atoms with van der Waals surface area (Å²) in [5.41, 5.74) is 0. The van der Waals surface area contributed by atoms with Gasteiger partial charge in [-0.3, -0.25) is 4.79 Å². The fourth-order valence-electron chi connectivity index (χ4n) is 0.984. The fourth-order valence-corrected chi connectivity index (χ4v) is 1.20. The van der Waals surface area contributed by atoms with E-state index in [1.54, 1.807) is 6.92 Å². The van der Waals surface area contributed by atoms with Crippen LogP contribution in [0.5, 0.6) is 0 Å². The molecular formula is C9H16ClNO3. The van der Waals surface area contributed by atoms with Crippen LogP contribution < -0.4 is 5.32 Å². The molecule has 0 aliphatic carbocycles. The van der Waals surface area contributed by atoms with Crippen LogP contribution in [0.3, 0.4) is 0 Å². The highest BCUT2D eigenvalue weighted by atomic mass is 35.5. The highest BCUT2D eigenvalue weighted by Gasteiger charge is 2.16. The monoisotopic (exact) mass is 221 g/mol. The van der Waals surface area contributed by atoms with Gasteiger partial charge >= 0.3 is 6.09 Å². The topological polar surface area (TPSA) is 55.4 Å². The molecule has 1 atom stereocenters. The van der Waals surface area contributed by atoms with Gasteiger partial charge in [-0.1, -0.05) is 6.92 Å². The molecule has 0 saturated heterocycles. The number of halogens is 1. The van der Waals surface area contributed by atoms with Gasteiger partial charge in [0.25, 0.3) is 0 Å². The molecule has 0 heterocycles. The average Bonchev–Trinajstić information content (AvgIpc) is 2.18. The van der Waals surface area contributed by atoms with E-state index in [0.717, 1.165) is 0 Å². The van der Waals surface area contributed by atoms with E-state index >= 15 is 0 Å². The van der Waals surface area contributed by atoms with Gasteiger partial charge in [0.15, 0.2) is 5.78 Å². The lowest BCUT2D eigenvalue weighted by Crippen LogP contribution is -2.33. The third kappa shape index (κ3) is 5.07. The van der Waals surface area contributed by atoms with Crippen molar-refractivity contribution in [2.24, 2.45) is 5.92 Å². The third-order valence-corrected chi connectivity index (χ3v) is 2.11. The number of hydrogen-bond donors (Lipinski definition) is 1. The summed E-state index contributed by atoms with van der Waals surface area (Å²) in [6, 6.07) is 0. The third-order valence-electron chi connectivity index (χ3n) is 1.85. The van der Waals surface area contributed by atoms with Crippen molar-refractivity contribution in [2.45, 2.75) is 20.3 Å². The molecule has 0 saturated carbocycles. The molecular weight excluding hydrogens is 206 g/mol. The van der Waals surface area contributed by atoms with Crippen molar-refractivity contribution in [1.82, 2.24) is 5.32 Å². The Labute approximate surface area is 88.9 Å². The molecule has 0 spiro atoms. The van der Waals surface area contributed by atoms with Crippen molar-refractivity contribution in [3.05, 3.63) is 0 Å². The first kappa shape index (κ1) is 13.2. The Morgan fingerprint density at radius 2 is 2.07 bits per heavy atom. The van der Waals surface area contributed by atoms with Crippen LogP contribution in [0.15, 0.2) is 0 Å². The first-order chi connectivity index (χ1) is 6.65. The van der Waals surface area contributed by atoms with E-state index in [-0.39, 0.29) is 17.6 Å². The summed E-state index contributed by atoms with van der Waals surface area (Å²) >= 11 is 5.41. The number of ether oxygens (including phenoxy) is 1. The number of carbonyl (C=O) groups is 2. The second-order valence-electron chi connectivity index (χ2n) is 2.81. The van der Waals surface area contributed by atoms with Crippen LogP contribution in [-0.4, -0.2) is 30.9 Å². The summed E-state index contributed by atoms with van der Waals surface area (Å²) in [7, 11) is 0. The summed E-state index contributed by atoms with van der Waals surface area (Å²) in [5.74, 6) is -0.272. The van der Waals surface area contributed by atoms with Gasteiger partial charge in [-0.25, -0.2) is 4.79 Å². The molecule has 1 N–H and O–H groups in total. The predicted octanol–water partition coefficient (Wildman–Crippen LogP) is 1.57. The Morgan fingerprint density at radius 3 is 2.50 bits per heavy atom. The molecule has 14 heavy (non-hydrogen) atoms. The summed E-state index contributed by atoms with van der Waals surface area (Å²) in [5, 5.41) is 2.51. The van der Waals surface area contributed by atoms with E-state index in [0.29, 0.717) is 19.6 Å². The van der Waals surface area contributed by atoms with E-state index in [4.69, 9.17) is 11.6 Å². The maximum absolute atomic E-state index is 11.2. The molecule has 1 unspecified atom stereocenters. The van der Waals surface area contributed by atoms with Crippen molar-refractivity contribution in [3.63, 3.8) is 0 Å². The van der Waals surface area contributed by atoms with Crippen LogP contribution in [0.1, 0.15) is 20.3 Å². The Bertz CT molecular complexity index is 196. The smallest absolute Gasteiger partial charge is 0.407 e. The molecule has 0 rings (SSSR count). The van der Waals surface area contributed by atoms with Crippen LogP contribution in [0, 0.1) is 5.92 Å². The first-order valence-corrected chi connectivity index (χ1v) is 5.18. The summed E-state index contributed by atoms with van der Waals surface area (Å²) < 4.78 is 4.66. The maximum Gasteiger partial charge on any atom is 0.407 e. The van der Waals surface area contributed by atoms with Gasteiger partial charge < -0.3 is 10.1 Å². The van der Waals surface area contributed by atoms with Crippen molar-refractivity contribution < 1.29 is 14.3 Å². The van der Waals surface area contributed by atoms with Gasteiger partial charge in [0.05, 0.1) is 12.5 Å². The maximum atomic E-state index is 11.2. The van der Waals surface area contributed by atoms with Gasteiger partial charge in [0.2, 0.25) is 0 Å². The largest absolute Gasteiger partial charge is 0.450 e. The van der Waals surface area contributed by atoms with Crippen LogP contribution in [0.2, 0.25) is 0 Å². The van der Waals surface area contributed by atoms with Crippen LogP contribution in [0.4, 0.5) is 4.79 Å². The molecule has 5 heteroatoms. The van der Waals surface area contributed by atoms with E-state index in [2.05, 4.69) is 10.1 Å². The molecule has 0 bridgehead atoms. The Kier molecular flexibility index (Phi) is 7.20. The van der Waals surface area contributed by atoms with Crippen LogP contribution in [-0.2, 0) is 9.53 Å². The second kappa shape index (κ2) is 7.62. The number of amides is 1. The molecule has 0 aliphatic rings. The predicted molar refractivity (Wildman–Crippen MR) is 54.5 cm³/mol. The van der Waals surface area contributed by atoms with Crippen LogP contribution >= 0.6 is 11.6 Å². The highest BCUT2D eigenvalue weighted by Crippen LogP contribution is 2.04. The molecule has 4 nitrogen and oxygen atoms in total. The number of nitrogens with one attached hydrogen (secondary N) is 1. The van der Waals surface area contributed by atoms with Gasteiger partial charge in [0.1, 0.15) is 0 Å². The Hall–Kier alpha value is -0.770. The normalized spacial score (nSPS) is 11.9. The van der Waals surface area contributed by atoms with Gasteiger partial charge in [0, 0.05) is 12.5 Å².